The lowest BCUT2D eigenvalue weighted by atomic mass is 10.2. The van der Waals surface area contributed by atoms with E-state index in [1.165, 1.54) is 11.3 Å². The van der Waals surface area contributed by atoms with E-state index in [4.69, 9.17) is 0 Å². The summed E-state index contributed by atoms with van der Waals surface area (Å²) in [5.74, 6) is 0. The highest BCUT2D eigenvalue weighted by Gasteiger charge is 2.01. The number of hydrogen-bond acceptors (Lipinski definition) is 2. The van der Waals surface area contributed by atoms with Gasteiger partial charge in [-0.15, -0.1) is 0 Å². The molecule has 3 nitrogen and oxygen atoms in total. The normalized spacial score (nSPS) is 10.4. The van der Waals surface area contributed by atoms with E-state index < -0.39 is 0 Å². The van der Waals surface area contributed by atoms with Gasteiger partial charge in [0.25, 0.3) is 0 Å². The van der Waals surface area contributed by atoms with Crippen LogP contribution in [0.25, 0.3) is 0 Å². The Morgan fingerprint density at radius 3 is 3.00 bits per heavy atom. The van der Waals surface area contributed by atoms with Crippen LogP contribution in [0.3, 0.4) is 0 Å². The van der Waals surface area contributed by atoms with Crippen molar-refractivity contribution in [3.8, 4) is 0 Å². The van der Waals surface area contributed by atoms with Crippen LogP contribution in [-0.4, -0.2) is 16.3 Å². The summed E-state index contributed by atoms with van der Waals surface area (Å²) >= 11 is 0. The first kappa shape index (κ1) is 11.0. The summed E-state index contributed by atoms with van der Waals surface area (Å²) in [6.45, 7) is 10.9. The van der Waals surface area contributed by atoms with Crippen LogP contribution in [0.1, 0.15) is 26.0 Å². The van der Waals surface area contributed by atoms with Gasteiger partial charge < -0.3 is 5.32 Å². The van der Waals surface area contributed by atoms with E-state index in [1.54, 1.807) is 0 Å². The zero-order chi connectivity index (χ0) is 10.4. The van der Waals surface area contributed by atoms with Crippen molar-refractivity contribution in [3.63, 3.8) is 0 Å². The van der Waals surface area contributed by atoms with E-state index in [0.29, 0.717) is 0 Å². The molecule has 0 saturated heterocycles. The summed E-state index contributed by atoms with van der Waals surface area (Å²) in [5.41, 5.74) is 2.44. The Balaban J connectivity index is 2.57. The Morgan fingerprint density at radius 1 is 1.57 bits per heavy atom. The summed E-state index contributed by atoms with van der Waals surface area (Å²) < 4.78 is 2.01. The molecule has 0 atom stereocenters. The minimum atomic E-state index is 0.838. The standard InChI is InChI=1S/C11H19N3/c1-4-10(3)9-14-11(6-7-13-14)8-12-5-2/h6-7,12H,3-5,8-9H2,1-2H3. The van der Waals surface area contributed by atoms with Gasteiger partial charge in [0.1, 0.15) is 0 Å². The van der Waals surface area contributed by atoms with E-state index in [9.17, 15) is 0 Å². The molecule has 3 heteroatoms. The number of rotatable bonds is 6. The topological polar surface area (TPSA) is 29.9 Å². The molecule has 1 N–H and O–H groups in total. The van der Waals surface area contributed by atoms with Gasteiger partial charge in [0.15, 0.2) is 0 Å². The zero-order valence-electron chi connectivity index (χ0n) is 9.08. The maximum Gasteiger partial charge on any atom is 0.0620 e. The van der Waals surface area contributed by atoms with Crippen LogP contribution in [0, 0.1) is 0 Å². The molecule has 0 saturated carbocycles. The van der Waals surface area contributed by atoms with E-state index in [-0.39, 0.29) is 0 Å². The summed E-state index contributed by atoms with van der Waals surface area (Å²) in [4.78, 5) is 0. The Labute approximate surface area is 85.8 Å². The maximum atomic E-state index is 4.27. The molecule has 0 aliphatic carbocycles. The van der Waals surface area contributed by atoms with Gasteiger partial charge in [-0.3, -0.25) is 4.68 Å². The van der Waals surface area contributed by atoms with Crippen LogP contribution in [0.4, 0.5) is 0 Å². The molecule has 14 heavy (non-hydrogen) atoms. The van der Waals surface area contributed by atoms with Crippen LogP contribution in [0.2, 0.25) is 0 Å². The van der Waals surface area contributed by atoms with Gasteiger partial charge in [0, 0.05) is 12.7 Å². The molecule has 0 aliphatic heterocycles. The van der Waals surface area contributed by atoms with Crippen LogP contribution in [-0.2, 0) is 13.1 Å². The van der Waals surface area contributed by atoms with E-state index in [1.807, 2.05) is 16.9 Å². The molecule has 0 aliphatic rings. The fraction of sp³-hybridized carbons (Fsp3) is 0.545. The number of nitrogens with one attached hydrogen (secondary N) is 1. The third-order valence-corrected chi connectivity index (χ3v) is 2.23. The largest absolute Gasteiger partial charge is 0.311 e. The third-order valence-electron chi connectivity index (χ3n) is 2.23. The van der Waals surface area contributed by atoms with Crippen molar-refractivity contribution < 1.29 is 0 Å². The Morgan fingerprint density at radius 2 is 2.36 bits per heavy atom. The molecule has 0 spiro atoms. The lowest BCUT2D eigenvalue weighted by molar-refractivity contribution is 0.595. The number of allylic oxidation sites excluding steroid dienone is 1. The van der Waals surface area contributed by atoms with Crippen LogP contribution >= 0.6 is 0 Å². The average Bonchev–Trinajstić information content (AvgIpc) is 2.62. The molecule has 1 rings (SSSR count). The van der Waals surface area contributed by atoms with Gasteiger partial charge in [-0.1, -0.05) is 26.0 Å². The molecule has 0 fully saturated rings. The molecular formula is C11H19N3. The molecule has 78 valence electrons. The highest BCUT2D eigenvalue weighted by atomic mass is 15.3. The number of nitrogens with zero attached hydrogens (tertiary/aromatic N) is 2. The number of aromatic nitrogens is 2. The van der Waals surface area contributed by atoms with E-state index >= 15 is 0 Å². The van der Waals surface area contributed by atoms with Gasteiger partial charge in [-0.2, -0.15) is 5.10 Å². The predicted molar refractivity (Wildman–Crippen MR) is 59.0 cm³/mol. The molecule has 0 bridgehead atoms. The van der Waals surface area contributed by atoms with Crippen molar-refractivity contribution in [1.82, 2.24) is 15.1 Å². The third kappa shape index (κ3) is 3.00. The van der Waals surface area contributed by atoms with Crippen molar-refractivity contribution in [2.75, 3.05) is 6.54 Å². The van der Waals surface area contributed by atoms with Gasteiger partial charge in [0.05, 0.1) is 12.2 Å². The molecule has 0 radical (unpaired) electrons. The highest BCUT2D eigenvalue weighted by Crippen LogP contribution is 2.05. The lowest BCUT2D eigenvalue weighted by Gasteiger charge is -2.08. The van der Waals surface area contributed by atoms with Crippen LogP contribution in [0.5, 0.6) is 0 Å². The van der Waals surface area contributed by atoms with Crippen molar-refractivity contribution in [3.05, 3.63) is 30.1 Å². The van der Waals surface area contributed by atoms with Gasteiger partial charge >= 0.3 is 0 Å². The van der Waals surface area contributed by atoms with Gasteiger partial charge in [0.2, 0.25) is 0 Å². The van der Waals surface area contributed by atoms with Crippen molar-refractivity contribution in [2.24, 2.45) is 0 Å². The first-order valence-corrected chi connectivity index (χ1v) is 5.16. The van der Waals surface area contributed by atoms with E-state index in [0.717, 1.165) is 26.1 Å². The zero-order valence-corrected chi connectivity index (χ0v) is 9.08. The highest BCUT2D eigenvalue weighted by molar-refractivity contribution is 5.03. The SMILES string of the molecule is C=C(CC)Cn1nccc1CNCC. The first-order chi connectivity index (χ1) is 6.77. The second kappa shape index (κ2) is 5.60. The molecule has 1 aromatic rings. The monoisotopic (exact) mass is 193 g/mol. The molecule has 1 aromatic heterocycles. The predicted octanol–water partition coefficient (Wildman–Crippen LogP) is 1.96. The van der Waals surface area contributed by atoms with Crippen LogP contribution in [0.15, 0.2) is 24.4 Å². The molecule has 0 aromatic carbocycles. The quantitative estimate of drug-likeness (QED) is 0.700. The maximum absolute atomic E-state index is 4.27. The summed E-state index contributed by atoms with van der Waals surface area (Å²) in [5, 5.41) is 7.56. The molecule has 1 heterocycles. The first-order valence-electron chi connectivity index (χ1n) is 5.16. The Kier molecular flexibility index (Phi) is 4.40. The van der Waals surface area contributed by atoms with Gasteiger partial charge in [-0.05, 0) is 19.0 Å². The van der Waals surface area contributed by atoms with Crippen molar-refractivity contribution >= 4 is 0 Å². The second-order valence-electron chi connectivity index (χ2n) is 3.36. The van der Waals surface area contributed by atoms with Crippen molar-refractivity contribution in [2.45, 2.75) is 33.4 Å². The summed E-state index contributed by atoms with van der Waals surface area (Å²) in [6.07, 6.45) is 2.86. The lowest BCUT2D eigenvalue weighted by Crippen LogP contribution is -2.16. The minimum absolute atomic E-state index is 0.838. The second-order valence-corrected chi connectivity index (χ2v) is 3.36. The molecule has 0 unspecified atom stereocenters. The smallest absolute Gasteiger partial charge is 0.0620 e. The summed E-state index contributed by atoms with van der Waals surface area (Å²) in [6, 6.07) is 2.05. The minimum Gasteiger partial charge on any atom is -0.311 e. The molecule has 0 amide bonds. The summed E-state index contributed by atoms with van der Waals surface area (Å²) in [7, 11) is 0. The van der Waals surface area contributed by atoms with Gasteiger partial charge in [-0.25, -0.2) is 0 Å². The van der Waals surface area contributed by atoms with Crippen molar-refractivity contribution in [1.29, 1.82) is 0 Å². The molecular weight excluding hydrogens is 174 g/mol. The Hall–Kier alpha value is -1.09. The Bertz CT molecular complexity index is 288. The van der Waals surface area contributed by atoms with Crippen LogP contribution < -0.4 is 5.32 Å². The number of hydrogen-bond donors (Lipinski definition) is 1. The van der Waals surface area contributed by atoms with E-state index in [2.05, 4.69) is 30.8 Å². The average molecular weight is 193 g/mol. The fourth-order valence-electron chi connectivity index (χ4n) is 1.23. The fourth-order valence-corrected chi connectivity index (χ4v) is 1.23.